The summed E-state index contributed by atoms with van der Waals surface area (Å²) in [5.74, 6) is -0.0645. The maximum atomic E-state index is 13.1. The van der Waals surface area contributed by atoms with Crippen molar-refractivity contribution in [2.24, 2.45) is 11.8 Å². The molecule has 2 rings (SSSR count). The summed E-state index contributed by atoms with van der Waals surface area (Å²) in [5, 5.41) is 8.50. The Morgan fingerprint density at radius 1 is 1.32 bits per heavy atom. The summed E-state index contributed by atoms with van der Waals surface area (Å²) in [6, 6.07) is 5.79. The zero-order chi connectivity index (χ0) is 18.6. The van der Waals surface area contributed by atoms with E-state index in [1.165, 1.54) is 29.6 Å². The first-order chi connectivity index (χ1) is 11.8. The first-order valence-electron chi connectivity index (χ1n) is 8.01. The quantitative estimate of drug-likeness (QED) is 0.740. The van der Waals surface area contributed by atoms with Gasteiger partial charge in [-0.1, -0.05) is 13.8 Å². The maximum Gasteiger partial charge on any atom is 0.339 e. The van der Waals surface area contributed by atoms with Crippen molar-refractivity contribution in [1.82, 2.24) is 4.31 Å². The van der Waals surface area contributed by atoms with E-state index in [1.807, 2.05) is 13.8 Å². The van der Waals surface area contributed by atoms with Crippen molar-refractivity contribution in [2.45, 2.75) is 25.2 Å². The first kappa shape index (κ1) is 19.2. The maximum absolute atomic E-state index is 13.1. The Balaban J connectivity index is 2.41. The van der Waals surface area contributed by atoms with Crippen LogP contribution in [0.2, 0.25) is 0 Å². The highest BCUT2D eigenvalue weighted by molar-refractivity contribution is 7.89. The molecule has 0 amide bonds. The van der Waals surface area contributed by atoms with Crippen molar-refractivity contribution in [3.05, 3.63) is 23.8 Å². The second-order valence-corrected chi connectivity index (χ2v) is 8.27. The van der Waals surface area contributed by atoms with Crippen molar-refractivity contribution >= 4 is 16.0 Å². The van der Waals surface area contributed by atoms with Crippen LogP contribution in [0, 0.1) is 23.2 Å². The molecular weight excluding hydrogens is 344 g/mol. The van der Waals surface area contributed by atoms with Crippen molar-refractivity contribution in [3.63, 3.8) is 0 Å². The van der Waals surface area contributed by atoms with Crippen LogP contribution < -0.4 is 4.74 Å². The number of carbonyl (C=O) groups excluding carboxylic acids is 1. The molecule has 1 aliphatic rings. The molecule has 0 aliphatic carbocycles. The number of piperidine rings is 1. The highest BCUT2D eigenvalue weighted by atomic mass is 32.2. The lowest BCUT2D eigenvalue weighted by Gasteiger charge is -2.34. The molecule has 0 radical (unpaired) electrons. The Morgan fingerprint density at radius 3 is 2.52 bits per heavy atom. The number of benzene rings is 1. The number of hydrogen-bond acceptors (Lipinski definition) is 6. The molecular formula is C17H22N2O5S. The minimum atomic E-state index is -3.81. The minimum Gasteiger partial charge on any atom is -0.495 e. The fraction of sp³-hybridized carbons (Fsp3) is 0.529. The molecule has 7 nitrogen and oxygen atoms in total. The van der Waals surface area contributed by atoms with Gasteiger partial charge in [-0.25, -0.2) is 13.2 Å². The van der Waals surface area contributed by atoms with Gasteiger partial charge in [-0.2, -0.15) is 9.57 Å². The van der Waals surface area contributed by atoms with E-state index in [2.05, 4.69) is 0 Å². The van der Waals surface area contributed by atoms with E-state index in [1.54, 1.807) is 6.07 Å². The number of nitrogens with zero attached hydrogens (tertiary/aromatic N) is 2. The van der Waals surface area contributed by atoms with Crippen LogP contribution in [-0.2, 0) is 14.8 Å². The largest absolute Gasteiger partial charge is 0.495 e. The van der Waals surface area contributed by atoms with E-state index in [0.29, 0.717) is 13.1 Å². The molecule has 25 heavy (non-hydrogen) atoms. The zero-order valence-electron chi connectivity index (χ0n) is 14.6. The van der Waals surface area contributed by atoms with Crippen LogP contribution in [-0.4, -0.2) is 45.5 Å². The number of sulfonamides is 1. The molecule has 2 atom stereocenters. The van der Waals surface area contributed by atoms with Crippen molar-refractivity contribution in [1.29, 1.82) is 5.26 Å². The molecule has 0 aromatic heterocycles. The summed E-state index contributed by atoms with van der Waals surface area (Å²) in [4.78, 5) is 11.9. The number of rotatable bonds is 5. The molecule has 1 aromatic carbocycles. The third-order valence-corrected chi connectivity index (χ3v) is 5.97. The Labute approximate surface area is 148 Å². The topological polar surface area (TPSA) is 96.7 Å². The van der Waals surface area contributed by atoms with E-state index < -0.39 is 22.6 Å². The minimum absolute atomic E-state index is 0.0627. The smallest absolute Gasteiger partial charge is 0.339 e. The Morgan fingerprint density at radius 2 is 1.96 bits per heavy atom. The van der Waals surface area contributed by atoms with Gasteiger partial charge >= 0.3 is 5.97 Å². The molecule has 0 saturated carbocycles. The fourth-order valence-electron chi connectivity index (χ4n) is 3.13. The number of hydrogen-bond donors (Lipinski definition) is 0. The lowest BCUT2D eigenvalue weighted by Crippen LogP contribution is -2.42. The monoisotopic (exact) mass is 366 g/mol. The number of methoxy groups -OCH3 is 1. The normalized spacial score (nSPS) is 21.4. The van der Waals surface area contributed by atoms with E-state index in [-0.39, 0.29) is 28.0 Å². The van der Waals surface area contributed by atoms with Crippen molar-refractivity contribution in [3.8, 4) is 11.8 Å². The summed E-state index contributed by atoms with van der Waals surface area (Å²) in [5.41, 5.74) is 0.0627. The van der Waals surface area contributed by atoms with Gasteiger partial charge in [0.25, 0.3) is 0 Å². The van der Waals surface area contributed by atoms with Gasteiger partial charge in [0.2, 0.25) is 10.0 Å². The number of nitriles is 1. The standard InChI is InChI=1S/C17H22N2O5S/c1-12-8-13(2)11-19(10-12)25(21,22)16-9-14(4-5-15(16)23-3)17(20)24-7-6-18/h4-5,9,12-13H,7-8,10-11H2,1-3H3/t12-,13-/m1/s1. The highest BCUT2D eigenvalue weighted by Crippen LogP contribution is 2.32. The predicted molar refractivity (Wildman–Crippen MR) is 90.6 cm³/mol. The fourth-order valence-corrected chi connectivity index (χ4v) is 4.99. The molecule has 1 heterocycles. The number of ether oxygens (including phenoxy) is 2. The van der Waals surface area contributed by atoms with Crippen LogP contribution in [0.25, 0.3) is 0 Å². The Bertz CT molecular complexity index is 775. The van der Waals surface area contributed by atoms with Gasteiger partial charge in [0.15, 0.2) is 6.61 Å². The van der Waals surface area contributed by atoms with Gasteiger partial charge in [-0.05, 0) is 36.5 Å². The van der Waals surface area contributed by atoms with E-state index in [4.69, 9.17) is 14.7 Å². The summed E-state index contributed by atoms with van der Waals surface area (Å²) in [7, 11) is -2.43. The van der Waals surface area contributed by atoms with Crippen LogP contribution >= 0.6 is 0 Å². The lowest BCUT2D eigenvalue weighted by atomic mass is 9.94. The summed E-state index contributed by atoms with van der Waals surface area (Å²) < 4.78 is 37.5. The van der Waals surface area contributed by atoms with Gasteiger partial charge in [0, 0.05) is 13.1 Å². The molecule has 0 unspecified atom stereocenters. The molecule has 1 saturated heterocycles. The molecule has 1 fully saturated rings. The summed E-state index contributed by atoms with van der Waals surface area (Å²) >= 11 is 0. The Kier molecular flexibility index (Phi) is 6.03. The molecule has 0 spiro atoms. The van der Waals surface area contributed by atoms with Crippen LogP contribution in [0.3, 0.4) is 0 Å². The molecule has 1 aromatic rings. The second kappa shape index (κ2) is 7.85. The predicted octanol–water partition coefficient (Wildman–Crippen LogP) is 2.04. The Hall–Kier alpha value is -2.11. The molecule has 0 bridgehead atoms. The lowest BCUT2D eigenvalue weighted by molar-refractivity contribution is 0.0554. The third-order valence-electron chi connectivity index (χ3n) is 4.12. The average Bonchev–Trinajstić information content (AvgIpc) is 2.58. The van der Waals surface area contributed by atoms with Crippen molar-refractivity contribution < 1.29 is 22.7 Å². The van der Waals surface area contributed by atoms with Crippen LogP contribution in [0.15, 0.2) is 23.1 Å². The van der Waals surface area contributed by atoms with E-state index >= 15 is 0 Å². The third kappa shape index (κ3) is 4.30. The van der Waals surface area contributed by atoms with Crippen LogP contribution in [0.4, 0.5) is 0 Å². The average molecular weight is 366 g/mol. The van der Waals surface area contributed by atoms with Gasteiger partial charge in [0.05, 0.1) is 12.7 Å². The SMILES string of the molecule is COc1ccc(C(=O)OCC#N)cc1S(=O)(=O)N1C[C@H](C)C[C@@H](C)C1. The summed E-state index contributed by atoms with van der Waals surface area (Å²) in [6.45, 7) is 4.50. The van der Waals surface area contributed by atoms with Crippen molar-refractivity contribution in [2.75, 3.05) is 26.8 Å². The molecule has 136 valence electrons. The van der Waals surface area contributed by atoms with Gasteiger partial charge in [0.1, 0.15) is 16.7 Å². The van der Waals surface area contributed by atoms with E-state index in [9.17, 15) is 13.2 Å². The van der Waals surface area contributed by atoms with Crippen LogP contribution in [0.1, 0.15) is 30.6 Å². The number of carbonyl (C=O) groups is 1. The molecule has 0 N–H and O–H groups in total. The van der Waals surface area contributed by atoms with Gasteiger partial charge in [-0.3, -0.25) is 0 Å². The zero-order valence-corrected chi connectivity index (χ0v) is 15.4. The highest BCUT2D eigenvalue weighted by Gasteiger charge is 2.34. The molecule has 1 aliphatic heterocycles. The van der Waals surface area contributed by atoms with Crippen LogP contribution in [0.5, 0.6) is 5.75 Å². The summed E-state index contributed by atoms with van der Waals surface area (Å²) in [6.07, 6.45) is 0.976. The van der Waals surface area contributed by atoms with Gasteiger partial charge in [-0.15, -0.1) is 0 Å². The first-order valence-corrected chi connectivity index (χ1v) is 9.45. The van der Waals surface area contributed by atoms with E-state index in [0.717, 1.165) is 6.42 Å². The molecule has 8 heteroatoms. The number of esters is 1. The van der Waals surface area contributed by atoms with Gasteiger partial charge < -0.3 is 9.47 Å². The second-order valence-electron chi connectivity index (χ2n) is 6.37.